The van der Waals surface area contributed by atoms with Gasteiger partial charge in [0.25, 0.3) is 0 Å². The quantitative estimate of drug-likeness (QED) is 0.454. The second kappa shape index (κ2) is 8.70. The molecule has 1 unspecified atom stereocenters. The van der Waals surface area contributed by atoms with E-state index in [0.29, 0.717) is 19.3 Å². The van der Waals surface area contributed by atoms with Crippen LogP contribution in [0.15, 0.2) is 42.5 Å². The van der Waals surface area contributed by atoms with Gasteiger partial charge in [-0.15, -0.1) is 0 Å². The van der Waals surface area contributed by atoms with Gasteiger partial charge in [0.05, 0.1) is 11.0 Å². The molecule has 4 atom stereocenters. The van der Waals surface area contributed by atoms with Crippen LogP contribution in [0.4, 0.5) is 0 Å². The summed E-state index contributed by atoms with van der Waals surface area (Å²) in [7, 11) is 3.52. The summed E-state index contributed by atoms with van der Waals surface area (Å²) in [5.74, 6) is 1.69. The highest BCUT2D eigenvalue weighted by Gasteiger charge is 2.77. The molecule has 2 saturated carbocycles. The molecule has 2 aliphatic heterocycles. The normalized spacial score (nSPS) is 33.1. The van der Waals surface area contributed by atoms with Crippen molar-refractivity contribution in [1.29, 1.82) is 0 Å². The highest BCUT2D eigenvalue weighted by atomic mass is 16.7. The molecular weight excluding hydrogens is 466 g/mol. The number of likely N-dealkylation sites (tertiary alicyclic amines) is 1. The maximum absolute atomic E-state index is 7.02. The Kier molecular flexibility index (Phi) is 5.63. The lowest BCUT2D eigenvalue weighted by atomic mass is 9.48. The third kappa shape index (κ3) is 3.25. The van der Waals surface area contributed by atoms with E-state index in [4.69, 9.17) is 23.7 Å². The lowest BCUT2D eigenvalue weighted by Gasteiger charge is -2.67. The van der Waals surface area contributed by atoms with Crippen molar-refractivity contribution in [3.8, 4) is 11.5 Å². The van der Waals surface area contributed by atoms with Gasteiger partial charge in [0, 0.05) is 45.4 Å². The molecular formula is C31H39NO5. The fraction of sp³-hybridized carbons (Fsp3) is 0.613. The van der Waals surface area contributed by atoms with E-state index in [1.165, 1.54) is 30.5 Å². The molecule has 2 bridgehead atoms. The Hall–Kier alpha value is -2.12. The molecule has 37 heavy (non-hydrogen) atoms. The largest absolute Gasteiger partial charge is 0.485 e. The van der Waals surface area contributed by atoms with Crippen LogP contribution in [0.25, 0.3) is 0 Å². The molecule has 2 aromatic carbocycles. The lowest BCUT2D eigenvalue weighted by Crippen LogP contribution is -2.80. The summed E-state index contributed by atoms with van der Waals surface area (Å²) in [6.45, 7) is 5.56. The van der Waals surface area contributed by atoms with Gasteiger partial charge in [-0.1, -0.05) is 36.4 Å². The van der Waals surface area contributed by atoms with Crippen LogP contribution in [0.3, 0.4) is 0 Å². The van der Waals surface area contributed by atoms with Crippen molar-refractivity contribution in [2.75, 3.05) is 33.9 Å². The fourth-order valence-corrected chi connectivity index (χ4v) is 8.30. The smallest absolute Gasteiger partial charge is 0.206 e. The summed E-state index contributed by atoms with van der Waals surface area (Å²) in [6.07, 6.45) is 6.01. The molecule has 3 fully saturated rings. The molecule has 1 saturated heterocycles. The first-order valence-electron chi connectivity index (χ1n) is 14.1. The van der Waals surface area contributed by atoms with Crippen LogP contribution < -0.4 is 9.47 Å². The van der Waals surface area contributed by atoms with Crippen molar-refractivity contribution < 1.29 is 23.7 Å². The van der Waals surface area contributed by atoms with E-state index in [-0.39, 0.29) is 17.1 Å². The molecule has 2 aromatic rings. The number of methoxy groups -OCH3 is 2. The minimum absolute atomic E-state index is 0.295. The van der Waals surface area contributed by atoms with Crippen LogP contribution in [-0.2, 0) is 32.7 Å². The molecule has 5 aliphatic rings. The first-order chi connectivity index (χ1) is 18.1. The zero-order valence-electron chi connectivity index (χ0n) is 22.3. The summed E-state index contributed by atoms with van der Waals surface area (Å²) in [5.41, 5.74) is 3.12. The monoisotopic (exact) mass is 505 g/mol. The summed E-state index contributed by atoms with van der Waals surface area (Å²) in [4.78, 5) is 2.75. The topological polar surface area (TPSA) is 49.4 Å². The number of hydrogen-bond acceptors (Lipinski definition) is 6. The SMILES string of the molecule is CCOC12CCC(OC)(OC)[C@@H]3Oc4c(OCc5ccccc5)ccc5c4[C@@]31CCN(CC1CC1)[C@@H]2C5. The average molecular weight is 506 g/mol. The molecule has 0 N–H and O–H groups in total. The lowest BCUT2D eigenvalue weighted by molar-refractivity contribution is -0.326. The van der Waals surface area contributed by atoms with Crippen LogP contribution in [0.5, 0.6) is 11.5 Å². The third-order valence-electron chi connectivity index (χ3n) is 10.0. The summed E-state index contributed by atoms with van der Waals surface area (Å²) in [6, 6.07) is 15.0. The van der Waals surface area contributed by atoms with Crippen LogP contribution >= 0.6 is 0 Å². The maximum atomic E-state index is 7.02. The van der Waals surface area contributed by atoms with Crippen molar-refractivity contribution in [1.82, 2.24) is 4.90 Å². The van der Waals surface area contributed by atoms with Crippen LogP contribution in [0.2, 0.25) is 0 Å². The molecule has 6 heteroatoms. The van der Waals surface area contributed by atoms with Gasteiger partial charge in [0.15, 0.2) is 17.6 Å². The van der Waals surface area contributed by atoms with Crippen LogP contribution in [0.1, 0.15) is 55.7 Å². The van der Waals surface area contributed by atoms with E-state index >= 15 is 0 Å². The Labute approximate surface area is 220 Å². The number of piperidine rings is 1. The number of nitrogens with zero attached hydrogens (tertiary/aromatic N) is 1. The first kappa shape index (κ1) is 24.0. The Morgan fingerprint density at radius 1 is 1.00 bits per heavy atom. The summed E-state index contributed by atoms with van der Waals surface area (Å²) in [5, 5.41) is 0. The number of hydrogen-bond donors (Lipinski definition) is 0. The number of rotatable bonds is 9. The standard InChI is InChI=1S/C31H39NO5/c1-4-36-30-14-15-31(33-2,34-3)28-29(30)16-17-32(19-21-10-11-21)25(30)18-23-12-13-24(27(37-28)26(23)29)35-20-22-8-6-5-7-9-22/h5-9,12-13,21,25,28H,4,10-11,14-20H2,1-3H3/t25-,28-,29+,30?/m1/s1. The van der Waals surface area contributed by atoms with Gasteiger partial charge in [-0.05, 0) is 68.7 Å². The summed E-state index contributed by atoms with van der Waals surface area (Å²) >= 11 is 0. The second-order valence-electron chi connectivity index (χ2n) is 11.6. The molecule has 2 heterocycles. The highest BCUT2D eigenvalue weighted by molar-refractivity contribution is 5.63. The van der Waals surface area contributed by atoms with Gasteiger partial charge >= 0.3 is 0 Å². The van der Waals surface area contributed by atoms with Crippen molar-refractivity contribution in [3.63, 3.8) is 0 Å². The zero-order chi connectivity index (χ0) is 25.3. The van der Waals surface area contributed by atoms with Gasteiger partial charge in [-0.25, -0.2) is 0 Å². The van der Waals surface area contributed by atoms with Crippen LogP contribution in [0, 0.1) is 5.92 Å². The minimum Gasteiger partial charge on any atom is -0.485 e. The van der Waals surface area contributed by atoms with Crippen molar-refractivity contribution in [3.05, 3.63) is 59.2 Å². The van der Waals surface area contributed by atoms with Crippen molar-refractivity contribution in [2.45, 2.75) is 81.0 Å². The van der Waals surface area contributed by atoms with Gasteiger partial charge in [-0.2, -0.15) is 0 Å². The Bertz CT molecular complexity index is 1160. The molecule has 0 amide bonds. The predicted octanol–water partition coefficient (Wildman–Crippen LogP) is 4.86. The van der Waals surface area contributed by atoms with Crippen molar-refractivity contribution in [2.24, 2.45) is 5.92 Å². The van der Waals surface area contributed by atoms with Crippen molar-refractivity contribution >= 4 is 0 Å². The first-order valence-corrected chi connectivity index (χ1v) is 14.1. The van der Waals surface area contributed by atoms with E-state index in [9.17, 15) is 0 Å². The Morgan fingerprint density at radius 2 is 1.81 bits per heavy atom. The third-order valence-corrected chi connectivity index (χ3v) is 10.0. The molecule has 6 nitrogen and oxygen atoms in total. The molecule has 198 valence electrons. The van der Waals surface area contributed by atoms with E-state index in [0.717, 1.165) is 55.2 Å². The molecule has 3 aliphatic carbocycles. The van der Waals surface area contributed by atoms with E-state index in [1.807, 2.05) is 18.2 Å². The van der Waals surface area contributed by atoms with Gasteiger partial charge in [0.1, 0.15) is 6.61 Å². The Morgan fingerprint density at radius 3 is 2.54 bits per heavy atom. The van der Waals surface area contributed by atoms with E-state index in [1.54, 1.807) is 14.2 Å². The molecule has 7 rings (SSSR count). The molecule has 1 spiro atoms. The minimum atomic E-state index is -0.825. The Balaban J connectivity index is 1.38. The van der Waals surface area contributed by atoms with Gasteiger partial charge in [0.2, 0.25) is 5.79 Å². The van der Waals surface area contributed by atoms with E-state index in [2.05, 4.69) is 36.1 Å². The second-order valence-corrected chi connectivity index (χ2v) is 11.6. The number of benzene rings is 2. The molecule has 0 radical (unpaired) electrons. The van der Waals surface area contributed by atoms with E-state index < -0.39 is 5.79 Å². The highest BCUT2D eigenvalue weighted by Crippen LogP contribution is 2.69. The average Bonchev–Trinajstić information content (AvgIpc) is 3.68. The molecule has 0 aromatic heterocycles. The van der Waals surface area contributed by atoms with Gasteiger partial charge < -0.3 is 23.7 Å². The van der Waals surface area contributed by atoms with Gasteiger partial charge in [-0.3, -0.25) is 4.90 Å². The van der Waals surface area contributed by atoms with Crippen LogP contribution in [-0.4, -0.2) is 62.3 Å². The zero-order valence-corrected chi connectivity index (χ0v) is 22.3. The predicted molar refractivity (Wildman–Crippen MR) is 140 cm³/mol. The number of ether oxygens (including phenoxy) is 5. The fourth-order valence-electron chi connectivity index (χ4n) is 8.30. The maximum Gasteiger partial charge on any atom is 0.206 e. The summed E-state index contributed by atoms with van der Waals surface area (Å²) < 4.78 is 32.9.